The Balaban J connectivity index is 1.36. The first kappa shape index (κ1) is 24.2. The van der Waals surface area contributed by atoms with E-state index in [1.807, 2.05) is 6.07 Å². The molecule has 0 aliphatic carbocycles. The van der Waals surface area contributed by atoms with Crippen LogP contribution in [0.4, 0.5) is 13.6 Å². The second kappa shape index (κ2) is 10.2. The molecule has 1 aromatic carbocycles. The zero-order chi connectivity index (χ0) is 25.9. The van der Waals surface area contributed by atoms with Gasteiger partial charge in [-0.1, -0.05) is 12.1 Å². The van der Waals surface area contributed by atoms with Gasteiger partial charge in [0.15, 0.2) is 0 Å². The van der Waals surface area contributed by atoms with Crippen molar-refractivity contribution in [2.24, 2.45) is 0 Å². The Morgan fingerprint density at radius 3 is 2.84 bits per heavy atom. The van der Waals surface area contributed by atoms with Gasteiger partial charge in [-0.05, 0) is 17.7 Å². The lowest BCUT2D eigenvalue weighted by Crippen LogP contribution is -2.44. The highest BCUT2D eigenvalue weighted by atomic mass is 19.3. The van der Waals surface area contributed by atoms with Crippen molar-refractivity contribution >= 4 is 12.0 Å². The molecule has 0 spiro atoms. The number of pyridine rings is 1. The minimum absolute atomic E-state index is 0.0884. The van der Waals surface area contributed by atoms with Gasteiger partial charge in [0, 0.05) is 55.5 Å². The van der Waals surface area contributed by atoms with Crippen LogP contribution in [0.1, 0.15) is 41.0 Å². The van der Waals surface area contributed by atoms with Gasteiger partial charge in [0.25, 0.3) is 5.91 Å². The van der Waals surface area contributed by atoms with E-state index in [0.717, 1.165) is 5.56 Å². The van der Waals surface area contributed by atoms with Crippen LogP contribution in [0.2, 0.25) is 0 Å². The van der Waals surface area contributed by atoms with E-state index in [1.54, 1.807) is 29.2 Å². The molecule has 0 unspecified atom stereocenters. The van der Waals surface area contributed by atoms with Crippen molar-refractivity contribution in [3.63, 3.8) is 0 Å². The fourth-order valence-corrected chi connectivity index (χ4v) is 4.38. The van der Waals surface area contributed by atoms with Crippen LogP contribution in [0.3, 0.4) is 0 Å². The number of nitrogens with one attached hydrogen (secondary N) is 1. The largest absolute Gasteiger partial charge is 0.489 e. The summed E-state index contributed by atoms with van der Waals surface area (Å²) in [7, 11) is 0. The predicted octanol–water partition coefficient (Wildman–Crippen LogP) is 3.50. The van der Waals surface area contributed by atoms with Crippen molar-refractivity contribution in [2.75, 3.05) is 13.2 Å². The summed E-state index contributed by atoms with van der Waals surface area (Å²) in [6, 6.07) is 10.2. The van der Waals surface area contributed by atoms with E-state index in [-0.39, 0.29) is 37.1 Å². The van der Waals surface area contributed by atoms with Crippen molar-refractivity contribution < 1.29 is 27.8 Å². The molecular formula is C25H22F2N6O4. The molecule has 0 bridgehead atoms. The summed E-state index contributed by atoms with van der Waals surface area (Å²) >= 11 is 0. The zero-order valence-electron chi connectivity index (χ0n) is 19.5. The number of halogens is 2. The first-order valence-corrected chi connectivity index (χ1v) is 11.6. The molecule has 3 aromatic rings. The molecule has 12 heteroatoms. The maximum absolute atomic E-state index is 13.1. The number of amides is 2. The number of rotatable bonds is 7. The second-order valence-corrected chi connectivity index (χ2v) is 8.73. The summed E-state index contributed by atoms with van der Waals surface area (Å²) in [6.07, 6.45) is 4.33. The normalized spacial score (nSPS) is 18.8. The Morgan fingerprint density at radius 2 is 2.11 bits per heavy atom. The summed E-state index contributed by atoms with van der Waals surface area (Å²) in [4.78, 5) is 30.6. The van der Waals surface area contributed by atoms with Crippen LogP contribution < -0.4 is 10.1 Å². The molecule has 2 atom stereocenters. The number of alkyl halides is 2. The van der Waals surface area contributed by atoms with Gasteiger partial charge in [-0.2, -0.15) is 19.1 Å². The number of nitrogens with zero attached hydrogens (tertiary/aromatic N) is 5. The van der Waals surface area contributed by atoms with Crippen molar-refractivity contribution in [3.8, 4) is 22.9 Å². The molecule has 10 nitrogen and oxygen atoms in total. The molecule has 2 fully saturated rings. The number of hydrogen-bond acceptors (Lipinski definition) is 7. The molecular weight excluding hydrogens is 486 g/mol. The van der Waals surface area contributed by atoms with E-state index in [9.17, 15) is 18.4 Å². The van der Waals surface area contributed by atoms with Gasteiger partial charge in [0.2, 0.25) is 0 Å². The maximum atomic E-state index is 13.1. The highest BCUT2D eigenvalue weighted by Gasteiger charge is 2.39. The van der Waals surface area contributed by atoms with Gasteiger partial charge < -0.3 is 19.7 Å². The van der Waals surface area contributed by atoms with E-state index < -0.39 is 12.5 Å². The molecule has 2 aliphatic rings. The SMILES string of the molecule is N#Cc1ccc(CNC(=O)c2cc(O[C@H]3CCN4C(=O)OC[C@@H]4C3)c(-c3cnn(C(F)F)c3)cn2)cc1. The molecule has 37 heavy (non-hydrogen) atoms. The third-order valence-corrected chi connectivity index (χ3v) is 6.34. The lowest BCUT2D eigenvalue weighted by Gasteiger charge is -2.32. The molecule has 0 radical (unpaired) electrons. The van der Waals surface area contributed by atoms with Gasteiger partial charge >= 0.3 is 12.6 Å². The van der Waals surface area contributed by atoms with E-state index >= 15 is 0 Å². The number of nitriles is 1. The quantitative estimate of drug-likeness (QED) is 0.518. The number of fused-ring (bicyclic) bond motifs is 1. The molecule has 5 rings (SSSR count). The third-order valence-electron chi connectivity index (χ3n) is 6.34. The third kappa shape index (κ3) is 5.20. The van der Waals surface area contributed by atoms with Crippen LogP contribution in [0.5, 0.6) is 5.75 Å². The average Bonchev–Trinajstić information content (AvgIpc) is 3.55. The minimum Gasteiger partial charge on any atom is -0.489 e. The van der Waals surface area contributed by atoms with Crippen LogP contribution in [0, 0.1) is 11.3 Å². The summed E-state index contributed by atoms with van der Waals surface area (Å²) in [6.45, 7) is -1.83. The van der Waals surface area contributed by atoms with Crippen molar-refractivity contribution in [1.29, 1.82) is 5.26 Å². The van der Waals surface area contributed by atoms with Gasteiger partial charge in [-0.3, -0.25) is 9.78 Å². The van der Waals surface area contributed by atoms with Gasteiger partial charge in [-0.25, -0.2) is 9.48 Å². The number of benzene rings is 1. The number of piperidine rings is 1. The van der Waals surface area contributed by atoms with Crippen LogP contribution in [-0.4, -0.2) is 57.0 Å². The number of cyclic esters (lactones) is 1. The number of carbonyl (C=O) groups is 2. The molecule has 190 valence electrons. The van der Waals surface area contributed by atoms with Crippen molar-refractivity contribution in [3.05, 3.63) is 65.7 Å². The molecule has 2 aromatic heterocycles. The highest BCUT2D eigenvalue weighted by molar-refractivity contribution is 5.93. The predicted molar refractivity (Wildman–Crippen MR) is 125 cm³/mol. The summed E-state index contributed by atoms with van der Waals surface area (Å²) in [5.74, 6) is -0.148. The second-order valence-electron chi connectivity index (χ2n) is 8.73. The molecule has 2 saturated heterocycles. The van der Waals surface area contributed by atoms with E-state index in [0.29, 0.717) is 46.5 Å². The van der Waals surface area contributed by atoms with E-state index in [2.05, 4.69) is 15.4 Å². The smallest absolute Gasteiger partial charge is 0.410 e. The molecule has 2 amide bonds. The van der Waals surface area contributed by atoms with Gasteiger partial charge in [-0.15, -0.1) is 0 Å². The first-order valence-electron chi connectivity index (χ1n) is 11.6. The van der Waals surface area contributed by atoms with E-state index in [1.165, 1.54) is 24.7 Å². The van der Waals surface area contributed by atoms with Crippen molar-refractivity contribution in [1.82, 2.24) is 25.0 Å². The molecule has 1 N–H and O–H groups in total. The number of ether oxygens (including phenoxy) is 2. The fraction of sp³-hybridized carbons (Fsp3) is 0.320. The molecule has 2 aliphatic heterocycles. The summed E-state index contributed by atoms with van der Waals surface area (Å²) < 4.78 is 38.1. The molecule has 4 heterocycles. The average molecular weight is 508 g/mol. The Kier molecular flexibility index (Phi) is 6.68. The van der Waals surface area contributed by atoms with Crippen LogP contribution in [-0.2, 0) is 11.3 Å². The Bertz CT molecular complexity index is 1350. The van der Waals surface area contributed by atoms with Crippen LogP contribution in [0.25, 0.3) is 11.1 Å². The zero-order valence-corrected chi connectivity index (χ0v) is 19.5. The molecule has 0 saturated carbocycles. The number of aromatic nitrogens is 3. The van der Waals surface area contributed by atoms with Gasteiger partial charge in [0.05, 0.1) is 23.9 Å². The Hall–Kier alpha value is -4.53. The van der Waals surface area contributed by atoms with Gasteiger partial charge in [0.1, 0.15) is 24.2 Å². The first-order chi connectivity index (χ1) is 17.9. The Morgan fingerprint density at radius 1 is 1.30 bits per heavy atom. The standard InChI is InChI=1S/C25H22F2N6O4/c26-24(27)33-13-17(11-31-33)20-12-29-21(23(34)30-10-16-3-1-15(9-28)2-4-16)8-22(20)37-19-5-6-32-18(7-19)14-36-25(32)35/h1-4,8,11-13,18-19,24H,5-7,10,14H2,(H,30,34)/t18-,19-/m0/s1. The maximum Gasteiger partial charge on any atom is 0.410 e. The lowest BCUT2D eigenvalue weighted by atomic mass is 10.0. The highest BCUT2D eigenvalue weighted by Crippen LogP contribution is 2.34. The fourth-order valence-electron chi connectivity index (χ4n) is 4.38. The number of hydrogen-bond donors (Lipinski definition) is 1. The van der Waals surface area contributed by atoms with Crippen LogP contribution >= 0.6 is 0 Å². The lowest BCUT2D eigenvalue weighted by molar-refractivity contribution is 0.0566. The van der Waals surface area contributed by atoms with Crippen LogP contribution in [0.15, 0.2) is 48.9 Å². The van der Waals surface area contributed by atoms with E-state index in [4.69, 9.17) is 14.7 Å². The Labute approximate surface area is 210 Å². The minimum atomic E-state index is -2.80. The summed E-state index contributed by atoms with van der Waals surface area (Å²) in [5, 5.41) is 15.4. The summed E-state index contributed by atoms with van der Waals surface area (Å²) in [5.41, 5.74) is 2.19. The topological polar surface area (TPSA) is 122 Å². The monoisotopic (exact) mass is 508 g/mol. The van der Waals surface area contributed by atoms with Crippen molar-refractivity contribution in [2.45, 2.75) is 38.1 Å². The number of carbonyl (C=O) groups excluding carboxylic acids is 2.